The summed E-state index contributed by atoms with van der Waals surface area (Å²) in [5.41, 5.74) is 0.599. The maximum Gasteiger partial charge on any atom is 0.338 e. The average Bonchev–Trinajstić information content (AvgIpc) is 2.94. The SMILES string of the molecule is CC(C)(C)OC(=O)c1ccc(Oc2nn(-c3cc(Cl)cc(Cl)c3)cc2Br)cc1. The molecule has 3 aromatic rings. The van der Waals surface area contributed by atoms with Crippen molar-refractivity contribution in [2.75, 3.05) is 0 Å². The van der Waals surface area contributed by atoms with E-state index in [0.29, 0.717) is 37.4 Å². The van der Waals surface area contributed by atoms with Crippen LogP contribution >= 0.6 is 39.1 Å². The standard InChI is InChI=1S/C20H17BrCl2N2O3/c1-20(2,3)28-19(26)12-4-6-16(7-5-12)27-18-17(21)11-25(24-18)15-9-13(22)8-14(23)10-15/h4-11H,1-3H3. The predicted octanol–water partition coefficient (Wildman–Crippen LogP) is 6.69. The van der Waals surface area contributed by atoms with E-state index in [1.807, 2.05) is 20.8 Å². The molecule has 0 unspecified atom stereocenters. The molecule has 0 atom stereocenters. The number of carbonyl (C=O) groups excluding carboxylic acids is 1. The van der Waals surface area contributed by atoms with Crippen LogP contribution in [0.15, 0.2) is 53.1 Å². The molecule has 0 spiro atoms. The Balaban J connectivity index is 1.77. The lowest BCUT2D eigenvalue weighted by Gasteiger charge is -2.19. The summed E-state index contributed by atoms with van der Waals surface area (Å²) in [5.74, 6) is 0.505. The third-order valence-electron chi connectivity index (χ3n) is 3.45. The van der Waals surface area contributed by atoms with E-state index in [1.54, 1.807) is 53.3 Å². The van der Waals surface area contributed by atoms with E-state index in [-0.39, 0.29) is 5.97 Å². The van der Waals surface area contributed by atoms with Crippen molar-refractivity contribution in [3.8, 4) is 17.3 Å². The number of hydrogen-bond acceptors (Lipinski definition) is 4. The first-order chi connectivity index (χ1) is 13.1. The fraction of sp³-hybridized carbons (Fsp3) is 0.200. The van der Waals surface area contributed by atoms with E-state index < -0.39 is 5.60 Å². The Morgan fingerprint density at radius 1 is 1.07 bits per heavy atom. The van der Waals surface area contributed by atoms with Crippen LogP contribution in [0.25, 0.3) is 5.69 Å². The number of nitrogens with zero attached hydrogens (tertiary/aromatic N) is 2. The van der Waals surface area contributed by atoms with Gasteiger partial charge in [0.2, 0.25) is 0 Å². The first-order valence-electron chi connectivity index (χ1n) is 8.34. The topological polar surface area (TPSA) is 53.4 Å². The number of halogens is 3. The molecule has 1 heterocycles. The summed E-state index contributed by atoms with van der Waals surface area (Å²) in [6, 6.07) is 11.8. The molecule has 0 saturated carbocycles. The van der Waals surface area contributed by atoms with Crippen LogP contribution in [0.4, 0.5) is 0 Å². The molecule has 28 heavy (non-hydrogen) atoms. The summed E-state index contributed by atoms with van der Waals surface area (Å²) < 4.78 is 13.4. The highest BCUT2D eigenvalue weighted by atomic mass is 79.9. The number of carbonyl (C=O) groups is 1. The van der Waals surface area contributed by atoms with E-state index in [4.69, 9.17) is 32.7 Å². The predicted molar refractivity (Wildman–Crippen MR) is 113 cm³/mol. The molecule has 2 aromatic carbocycles. The largest absolute Gasteiger partial charge is 0.456 e. The van der Waals surface area contributed by atoms with E-state index in [2.05, 4.69) is 21.0 Å². The Morgan fingerprint density at radius 3 is 2.25 bits per heavy atom. The van der Waals surface area contributed by atoms with Crippen LogP contribution in [0, 0.1) is 0 Å². The zero-order valence-electron chi connectivity index (χ0n) is 15.4. The van der Waals surface area contributed by atoms with Gasteiger partial charge in [0.25, 0.3) is 5.88 Å². The zero-order chi connectivity index (χ0) is 20.5. The number of benzene rings is 2. The highest BCUT2D eigenvalue weighted by Gasteiger charge is 2.18. The maximum absolute atomic E-state index is 12.1. The Kier molecular flexibility index (Phi) is 6.03. The molecule has 0 radical (unpaired) electrons. The minimum Gasteiger partial charge on any atom is -0.456 e. The zero-order valence-corrected chi connectivity index (χ0v) is 18.5. The van der Waals surface area contributed by atoms with Gasteiger partial charge in [-0.2, -0.15) is 0 Å². The van der Waals surface area contributed by atoms with Gasteiger partial charge in [0.1, 0.15) is 11.4 Å². The molecule has 0 bridgehead atoms. The summed E-state index contributed by atoms with van der Waals surface area (Å²) in [5, 5.41) is 5.42. The lowest BCUT2D eigenvalue weighted by Crippen LogP contribution is -2.23. The number of hydrogen-bond donors (Lipinski definition) is 0. The molecule has 0 aliphatic heterocycles. The van der Waals surface area contributed by atoms with Crippen LogP contribution in [0.2, 0.25) is 10.0 Å². The Morgan fingerprint density at radius 2 is 1.68 bits per heavy atom. The van der Waals surface area contributed by atoms with Gasteiger partial charge in [-0.3, -0.25) is 0 Å². The number of rotatable bonds is 4. The van der Waals surface area contributed by atoms with Crippen molar-refractivity contribution < 1.29 is 14.3 Å². The van der Waals surface area contributed by atoms with Gasteiger partial charge < -0.3 is 9.47 Å². The molecule has 0 saturated heterocycles. The van der Waals surface area contributed by atoms with Gasteiger partial charge in [0.05, 0.1) is 15.7 Å². The van der Waals surface area contributed by atoms with Crippen molar-refractivity contribution in [1.29, 1.82) is 0 Å². The van der Waals surface area contributed by atoms with Gasteiger partial charge in [-0.05, 0) is 79.2 Å². The molecule has 3 rings (SSSR count). The van der Waals surface area contributed by atoms with Crippen LogP contribution in [0.3, 0.4) is 0 Å². The lowest BCUT2D eigenvalue weighted by atomic mass is 10.1. The van der Waals surface area contributed by atoms with Crippen molar-refractivity contribution in [3.05, 3.63) is 68.7 Å². The first kappa shape index (κ1) is 20.7. The molecule has 146 valence electrons. The van der Waals surface area contributed by atoms with Gasteiger partial charge >= 0.3 is 5.97 Å². The minimum atomic E-state index is -0.548. The minimum absolute atomic E-state index is 0.362. The van der Waals surface area contributed by atoms with E-state index >= 15 is 0 Å². The number of aromatic nitrogens is 2. The van der Waals surface area contributed by atoms with Crippen molar-refractivity contribution in [2.45, 2.75) is 26.4 Å². The van der Waals surface area contributed by atoms with Crippen LogP contribution < -0.4 is 4.74 Å². The summed E-state index contributed by atoms with van der Waals surface area (Å²) in [6.07, 6.45) is 1.74. The van der Waals surface area contributed by atoms with E-state index in [9.17, 15) is 4.79 Å². The quantitative estimate of drug-likeness (QED) is 0.388. The fourth-order valence-electron chi connectivity index (χ4n) is 2.32. The van der Waals surface area contributed by atoms with Crippen LogP contribution in [0.5, 0.6) is 11.6 Å². The summed E-state index contributed by atoms with van der Waals surface area (Å²) in [4.78, 5) is 12.1. The number of ether oxygens (including phenoxy) is 2. The van der Waals surface area contributed by atoms with Crippen molar-refractivity contribution in [2.24, 2.45) is 0 Å². The van der Waals surface area contributed by atoms with Crippen molar-refractivity contribution in [1.82, 2.24) is 9.78 Å². The Bertz CT molecular complexity index is 991. The molecule has 0 aliphatic rings. The second-order valence-electron chi connectivity index (χ2n) is 6.98. The molecular weight excluding hydrogens is 467 g/mol. The molecule has 0 fully saturated rings. The molecule has 0 amide bonds. The second-order valence-corrected chi connectivity index (χ2v) is 8.71. The smallest absolute Gasteiger partial charge is 0.338 e. The highest BCUT2D eigenvalue weighted by Crippen LogP contribution is 2.30. The normalized spacial score (nSPS) is 11.4. The van der Waals surface area contributed by atoms with Gasteiger partial charge in [0, 0.05) is 16.2 Å². The molecule has 0 aliphatic carbocycles. The fourth-order valence-corrected chi connectivity index (χ4v) is 3.19. The van der Waals surface area contributed by atoms with Crippen LogP contribution in [-0.2, 0) is 4.74 Å². The third-order valence-corrected chi connectivity index (χ3v) is 4.43. The summed E-state index contributed by atoms with van der Waals surface area (Å²) >= 11 is 15.5. The molecule has 5 nitrogen and oxygen atoms in total. The first-order valence-corrected chi connectivity index (χ1v) is 9.88. The molecule has 8 heteroatoms. The summed E-state index contributed by atoms with van der Waals surface area (Å²) in [7, 11) is 0. The highest BCUT2D eigenvalue weighted by molar-refractivity contribution is 9.10. The van der Waals surface area contributed by atoms with Gasteiger partial charge in [-0.15, -0.1) is 5.10 Å². The molecule has 1 aromatic heterocycles. The monoisotopic (exact) mass is 482 g/mol. The molecular formula is C20H17BrCl2N2O3. The number of esters is 1. The lowest BCUT2D eigenvalue weighted by molar-refractivity contribution is 0.00695. The van der Waals surface area contributed by atoms with Crippen LogP contribution in [0.1, 0.15) is 31.1 Å². The molecule has 0 N–H and O–H groups in total. The Labute approximate surface area is 181 Å². The summed E-state index contributed by atoms with van der Waals surface area (Å²) in [6.45, 7) is 5.47. The van der Waals surface area contributed by atoms with Crippen molar-refractivity contribution in [3.63, 3.8) is 0 Å². The average molecular weight is 484 g/mol. The Hall–Kier alpha value is -2.02. The van der Waals surface area contributed by atoms with Gasteiger partial charge in [-0.25, -0.2) is 9.48 Å². The van der Waals surface area contributed by atoms with Gasteiger partial charge in [0.15, 0.2) is 0 Å². The third kappa shape index (κ3) is 5.28. The second kappa shape index (κ2) is 8.15. The van der Waals surface area contributed by atoms with Gasteiger partial charge in [-0.1, -0.05) is 23.2 Å². The van der Waals surface area contributed by atoms with E-state index in [1.165, 1.54) is 0 Å². The van der Waals surface area contributed by atoms with Crippen LogP contribution in [-0.4, -0.2) is 21.4 Å². The maximum atomic E-state index is 12.1. The van der Waals surface area contributed by atoms with Crippen molar-refractivity contribution >= 4 is 45.1 Å². The van der Waals surface area contributed by atoms with E-state index in [0.717, 1.165) is 0 Å².